The van der Waals surface area contributed by atoms with E-state index in [-0.39, 0.29) is 21.9 Å². The van der Waals surface area contributed by atoms with E-state index in [2.05, 4.69) is 0 Å². The summed E-state index contributed by atoms with van der Waals surface area (Å²) in [4.78, 5) is 11.7. The van der Waals surface area contributed by atoms with Crippen molar-refractivity contribution in [2.75, 3.05) is 7.11 Å². The van der Waals surface area contributed by atoms with Gasteiger partial charge in [-0.1, -0.05) is 41.2 Å². The molecule has 98 valence electrons. The lowest BCUT2D eigenvalue weighted by atomic mass is 9.79. The average molecular weight is 310 g/mol. The number of esters is 1. The van der Waals surface area contributed by atoms with E-state index in [0.29, 0.717) is 10.6 Å². The van der Waals surface area contributed by atoms with Gasteiger partial charge in [-0.3, -0.25) is 0 Å². The van der Waals surface area contributed by atoms with Crippen LogP contribution in [0, 0.1) is 11.8 Å². The smallest absolute Gasteiger partial charge is 0.353 e. The molecule has 0 aromatic carbocycles. The van der Waals surface area contributed by atoms with Crippen molar-refractivity contribution >= 4 is 40.8 Å². The fourth-order valence-electron chi connectivity index (χ4n) is 3.22. The third-order valence-electron chi connectivity index (χ3n) is 4.01. The van der Waals surface area contributed by atoms with Crippen molar-refractivity contribution in [1.82, 2.24) is 0 Å². The highest BCUT2D eigenvalue weighted by atomic mass is 35.5. The van der Waals surface area contributed by atoms with Gasteiger partial charge in [-0.2, -0.15) is 0 Å². The van der Waals surface area contributed by atoms with Crippen LogP contribution in [-0.2, 0) is 14.3 Å². The van der Waals surface area contributed by atoms with Gasteiger partial charge in [-0.25, -0.2) is 4.79 Å². The van der Waals surface area contributed by atoms with Crippen molar-refractivity contribution in [2.24, 2.45) is 11.8 Å². The van der Waals surface area contributed by atoms with E-state index in [1.54, 1.807) is 0 Å². The number of ether oxygens (including phenoxy) is 2. The average Bonchev–Trinajstić information content (AvgIpc) is 2.91. The standard InChI is InChI=1S/C12H11Cl3O3/c1-17-12-7(9(14)11(16)18-12)5-3-2-4-6(5)8(13)10(12)15/h5-6H,2-4H2,1H3/t5-,6+,12-/m0/s1. The van der Waals surface area contributed by atoms with Gasteiger partial charge in [-0.05, 0) is 18.8 Å². The highest BCUT2D eigenvalue weighted by Crippen LogP contribution is 2.59. The molecule has 0 spiro atoms. The molecule has 3 aliphatic rings. The maximum atomic E-state index is 11.7. The van der Waals surface area contributed by atoms with Gasteiger partial charge in [0.25, 0.3) is 5.79 Å². The molecular weight excluding hydrogens is 298 g/mol. The van der Waals surface area contributed by atoms with Gasteiger partial charge < -0.3 is 9.47 Å². The number of allylic oxidation sites excluding steroid dienone is 1. The van der Waals surface area contributed by atoms with E-state index in [1.165, 1.54) is 7.11 Å². The fraction of sp³-hybridized carbons (Fsp3) is 0.583. The number of hydrogen-bond acceptors (Lipinski definition) is 3. The van der Waals surface area contributed by atoms with E-state index >= 15 is 0 Å². The van der Waals surface area contributed by atoms with Gasteiger partial charge >= 0.3 is 5.97 Å². The predicted octanol–water partition coefficient (Wildman–Crippen LogP) is 3.50. The lowest BCUT2D eigenvalue weighted by Gasteiger charge is -2.38. The Balaban J connectivity index is 2.26. The normalized spacial score (nSPS) is 39.0. The van der Waals surface area contributed by atoms with Crippen LogP contribution in [-0.4, -0.2) is 18.9 Å². The van der Waals surface area contributed by atoms with Crippen LogP contribution in [0.4, 0.5) is 0 Å². The first-order valence-corrected chi connectivity index (χ1v) is 6.90. The SMILES string of the molecule is CO[C@]12OC(=O)C(Cl)=C1[C@H]1CCC[C@H]1C(Cl)=C2Cl. The van der Waals surface area contributed by atoms with E-state index in [1.807, 2.05) is 0 Å². The molecule has 3 rings (SSSR count). The zero-order valence-electron chi connectivity index (χ0n) is 9.63. The van der Waals surface area contributed by atoms with Crippen molar-refractivity contribution < 1.29 is 14.3 Å². The summed E-state index contributed by atoms with van der Waals surface area (Å²) in [5.41, 5.74) is 0.647. The Hall–Kier alpha value is -0.220. The first-order valence-electron chi connectivity index (χ1n) is 5.77. The van der Waals surface area contributed by atoms with E-state index < -0.39 is 11.8 Å². The van der Waals surface area contributed by atoms with Crippen LogP contribution >= 0.6 is 34.8 Å². The van der Waals surface area contributed by atoms with Gasteiger partial charge in [-0.15, -0.1) is 0 Å². The van der Waals surface area contributed by atoms with Crippen molar-refractivity contribution in [1.29, 1.82) is 0 Å². The Morgan fingerprint density at radius 1 is 1.28 bits per heavy atom. The van der Waals surface area contributed by atoms with Crippen LogP contribution in [0.15, 0.2) is 20.7 Å². The number of halogens is 3. The van der Waals surface area contributed by atoms with Crippen LogP contribution in [0.5, 0.6) is 0 Å². The molecule has 0 radical (unpaired) electrons. The van der Waals surface area contributed by atoms with Gasteiger partial charge in [0.05, 0.1) is 0 Å². The highest BCUT2D eigenvalue weighted by molar-refractivity contribution is 6.44. The minimum atomic E-state index is -1.39. The fourth-order valence-corrected chi connectivity index (χ4v) is 4.27. The molecule has 6 heteroatoms. The highest BCUT2D eigenvalue weighted by Gasteiger charge is 2.59. The zero-order chi connectivity index (χ0) is 13.1. The second-order valence-corrected chi connectivity index (χ2v) is 5.91. The molecule has 3 atom stereocenters. The Morgan fingerprint density at radius 3 is 2.61 bits per heavy atom. The molecule has 0 amide bonds. The lowest BCUT2D eigenvalue weighted by molar-refractivity contribution is -0.179. The number of hydrogen-bond donors (Lipinski definition) is 0. The van der Waals surface area contributed by atoms with Crippen LogP contribution in [0.25, 0.3) is 0 Å². The van der Waals surface area contributed by atoms with E-state index in [9.17, 15) is 4.79 Å². The lowest BCUT2D eigenvalue weighted by Crippen LogP contribution is -2.42. The van der Waals surface area contributed by atoms with E-state index in [0.717, 1.165) is 19.3 Å². The summed E-state index contributed by atoms with van der Waals surface area (Å²) in [7, 11) is 1.44. The summed E-state index contributed by atoms with van der Waals surface area (Å²) in [5.74, 6) is -1.78. The van der Waals surface area contributed by atoms with Crippen molar-refractivity contribution in [3.05, 3.63) is 20.7 Å². The molecule has 1 fully saturated rings. The van der Waals surface area contributed by atoms with Crippen molar-refractivity contribution in [3.63, 3.8) is 0 Å². The summed E-state index contributed by atoms with van der Waals surface area (Å²) in [6, 6.07) is 0. The second-order valence-electron chi connectivity index (χ2n) is 4.74. The maximum Gasteiger partial charge on any atom is 0.353 e. The monoisotopic (exact) mass is 308 g/mol. The molecule has 0 bridgehead atoms. The third-order valence-corrected chi connectivity index (χ3v) is 5.38. The maximum absolute atomic E-state index is 11.7. The molecule has 0 unspecified atom stereocenters. The zero-order valence-corrected chi connectivity index (χ0v) is 11.9. The Kier molecular flexibility index (Phi) is 2.94. The molecular formula is C12H11Cl3O3. The van der Waals surface area contributed by atoms with Crippen molar-refractivity contribution in [3.8, 4) is 0 Å². The van der Waals surface area contributed by atoms with Crippen LogP contribution in [0.1, 0.15) is 19.3 Å². The molecule has 1 heterocycles. The Bertz CT molecular complexity index is 497. The number of methoxy groups -OCH3 is 1. The summed E-state index contributed by atoms with van der Waals surface area (Å²) in [6.45, 7) is 0. The molecule has 2 aliphatic carbocycles. The largest absolute Gasteiger partial charge is 0.419 e. The predicted molar refractivity (Wildman–Crippen MR) is 68.3 cm³/mol. The van der Waals surface area contributed by atoms with Crippen molar-refractivity contribution in [2.45, 2.75) is 25.0 Å². The minimum absolute atomic E-state index is 0.0823. The molecule has 0 saturated heterocycles. The van der Waals surface area contributed by atoms with E-state index in [4.69, 9.17) is 44.3 Å². The summed E-state index contributed by atoms with van der Waals surface area (Å²) >= 11 is 18.7. The quantitative estimate of drug-likeness (QED) is 0.696. The summed E-state index contributed by atoms with van der Waals surface area (Å²) < 4.78 is 10.6. The molecule has 1 saturated carbocycles. The minimum Gasteiger partial charge on any atom is -0.419 e. The van der Waals surface area contributed by atoms with Crippen LogP contribution in [0.3, 0.4) is 0 Å². The molecule has 18 heavy (non-hydrogen) atoms. The van der Waals surface area contributed by atoms with Gasteiger partial charge in [0.2, 0.25) is 0 Å². The van der Waals surface area contributed by atoms with Gasteiger partial charge in [0, 0.05) is 23.6 Å². The summed E-state index contributed by atoms with van der Waals surface area (Å²) in [6.07, 6.45) is 2.89. The molecule has 1 aliphatic heterocycles. The number of carbonyl (C=O) groups excluding carboxylic acids is 1. The van der Waals surface area contributed by atoms with Gasteiger partial charge in [0.1, 0.15) is 10.1 Å². The molecule has 0 N–H and O–H groups in total. The number of fused-ring (bicyclic) bond motifs is 3. The first kappa shape index (κ1) is 12.8. The number of carbonyl (C=O) groups is 1. The second kappa shape index (κ2) is 4.14. The molecule has 0 aromatic heterocycles. The first-order chi connectivity index (χ1) is 8.53. The Labute approximate surface area is 120 Å². The molecule has 0 aromatic rings. The Morgan fingerprint density at radius 2 is 1.94 bits per heavy atom. The van der Waals surface area contributed by atoms with Gasteiger partial charge in [0.15, 0.2) is 0 Å². The number of rotatable bonds is 1. The van der Waals surface area contributed by atoms with Crippen LogP contribution in [0.2, 0.25) is 0 Å². The molecule has 3 nitrogen and oxygen atoms in total. The van der Waals surface area contributed by atoms with Crippen LogP contribution < -0.4 is 0 Å². The topological polar surface area (TPSA) is 35.5 Å². The third kappa shape index (κ3) is 1.39. The summed E-state index contributed by atoms with van der Waals surface area (Å²) in [5, 5.41) is 0.855.